The Kier molecular flexibility index (Phi) is 8.46. The molecular formula is C11H25NO. The first-order valence-corrected chi connectivity index (χ1v) is 5.49. The van der Waals surface area contributed by atoms with E-state index in [0.717, 1.165) is 32.0 Å². The summed E-state index contributed by atoms with van der Waals surface area (Å²) in [7, 11) is 0. The lowest BCUT2D eigenvalue weighted by atomic mass is 10.1. The van der Waals surface area contributed by atoms with Gasteiger partial charge in [-0.1, -0.05) is 20.8 Å². The summed E-state index contributed by atoms with van der Waals surface area (Å²) in [6, 6.07) is 0. The van der Waals surface area contributed by atoms with E-state index in [0.29, 0.717) is 6.10 Å². The van der Waals surface area contributed by atoms with E-state index >= 15 is 0 Å². The number of rotatable bonds is 8. The van der Waals surface area contributed by atoms with Crippen molar-refractivity contribution in [3.05, 3.63) is 0 Å². The Morgan fingerprint density at radius 1 is 1.15 bits per heavy atom. The van der Waals surface area contributed by atoms with Gasteiger partial charge in [0.15, 0.2) is 0 Å². The third-order valence-corrected chi connectivity index (χ3v) is 2.08. The molecule has 0 aromatic carbocycles. The van der Waals surface area contributed by atoms with E-state index in [1.807, 2.05) is 0 Å². The highest BCUT2D eigenvalue weighted by atomic mass is 16.5. The van der Waals surface area contributed by atoms with Crippen molar-refractivity contribution in [2.75, 3.05) is 19.7 Å². The highest BCUT2D eigenvalue weighted by molar-refractivity contribution is 4.54. The number of hydrogen-bond donors (Lipinski definition) is 1. The molecule has 2 nitrogen and oxygen atoms in total. The summed E-state index contributed by atoms with van der Waals surface area (Å²) in [5.41, 5.74) is 0. The quantitative estimate of drug-likeness (QED) is 0.589. The van der Waals surface area contributed by atoms with Crippen LogP contribution < -0.4 is 5.32 Å². The summed E-state index contributed by atoms with van der Waals surface area (Å²) < 4.78 is 5.66. The molecule has 0 aliphatic heterocycles. The van der Waals surface area contributed by atoms with Crippen LogP contribution in [0.1, 0.15) is 40.5 Å². The molecule has 0 bridgehead atoms. The largest absolute Gasteiger partial charge is 0.378 e. The topological polar surface area (TPSA) is 21.3 Å². The highest BCUT2D eigenvalue weighted by Crippen LogP contribution is 2.02. The molecule has 0 saturated heterocycles. The van der Waals surface area contributed by atoms with Crippen LogP contribution in [-0.2, 0) is 4.74 Å². The molecule has 2 heteroatoms. The predicted octanol–water partition coefficient (Wildman–Crippen LogP) is 2.44. The van der Waals surface area contributed by atoms with Gasteiger partial charge in [-0.2, -0.15) is 0 Å². The Hall–Kier alpha value is -0.0800. The Balaban J connectivity index is 3.15. The van der Waals surface area contributed by atoms with Gasteiger partial charge >= 0.3 is 0 Å². The molecule has 0 amide bonds. The second-order valence-electron chi connectivity index (χ2n) is 4.01. The van der Waals surface area contributed by atoms with Crippen LogP contribution in [0.15, 0.2) is 0 Å². The summed E-state index contributed by atoms with van der Waals surface area (Å²) in [6.45, 7) is 11.8. The van der Waals surface area contributed by atoms with Crippen molar-refractivity contribution in [2.24, 2.45) is 5.92 Å². The van der Waals surface area contributed by atoms with E-state index < -0.39 is 0 Å². The van der Waals surface area contributed by atoms with Gasteiger partial charge in [0.2, 0.25) is 0 Å². The van der Waals surface area contributed by atoms with Crippen LogP contribution in [0.4, 0.5) is 0 Å². The first-order chi connectivity index (χ1) is 6.16. The van der Waals surface area contributed by atoms with Crippen LogP contribution in [0.2, 0.25) is 0 Å². The van der Waals surface area contributed by atoms with Gasteiger partial charge in [0.05, 0.1) is 6.10 Å². The van der Waals surface area contributed by atoms with E-state index in [-0.39, 0.29) is 0 Å². The maximum absolute atomic E-state index is 5.66. The Morgan fingerprint density at radius 3 is 2.38 bits per heavy atom. The first kappa shape index (κ1) is 12.9. The average molecular weight is 187 g/mol. The zero-order chi connectivity index (χ0) is 10.1. The van der Waals surface area contributed by atoms with Crippen LogP contribution >= 0.6 is 0 Å². The maximum atomic E-state index is 5.66. The summed E-state index contributed by atoms with van der Waals surface area (Å²) in [5.74, 6) is 0.751. The minimum Gasteiger partial charge on any atom is -0.378 e. The van der Waals surface area contributed by atoms with Crippen molar-refractivity contribution in [2.45, 2.75) is 46.6 Å². The van der Waals surface area contributed by atoms with Gasteiger partial charge in [0.25, 0.3) is 0 Å². The van der Waals surface area contributed by atoms with Gasteiger partial charge in [-0.15, -0.1) is 0 Å². The van der Waals surface area contributed by atoms with Crippen LogP contribution in [-0.4, -0.2) is 25.8 Å². The Bertz CT molecular complexity index is 104. The number of ether oxygens (including phenoxy) is 1. The van der Waals surface area contributed by atoms with E-state index in [9.17, 15) is 0 Å². The summed E-state index contributed by atoms with van der Waals surface area (Å²) in [6.07, 6.45) is 2.69. The van der Waals surface area contributed by atoms with Gasteiger partial charge in [-0.3, -0.25) is 0 Å². The summed E-state index contributed by atoms with van der Waals surface area (Å²) >= 11 is 0. The van der Waals surface area contributed by atoms with Crippen LogP contribution in [0, 0.1) is 5.92 Å². The zero-order valence-corrected chi connectivity index (χ0v) is 9.60. The third kappa shape index (κ3) is 9.84. The first-order valence-electron chi connectivity index (χ1n) is 5.49. The van der Waals surface area contributed by atoms with Crippen molar-refractivity contribution in [1.82, 2.24) is 5.32 Å². The molecule has 0 radical (unpaired) electrons. The predicted molar refractivity (Wildman–Crippen MR) is 58.0 cm³/mol. The second kappa shape index (κ2) is 8.52. The fourth-order valence-corrected chi connectivity index (χ4v) is 1.07. The standard InChI is InChI=1S/C11H25NO/c1-5-12-8-6-11(4)13-9-7-10(2)3/h10-12H,5-9H2,1-4H3. The minimum absolute atomic E-state index is 0.401. The van der Waals surface area contributed by atoms with E-state index in [1.165, 1.54) is 6.42 Å². The third-order valence-electron chi connectivity index (χ3n) is 2.08. The molecule has 0 spiro atoms. The van der Waals surface area contributed by atoms with Crippen molar-refractivity contribution < 1.29 is 4.74 Å². The molecule has 0 aliphatic rings. The molecule has 1 N–H and O–H groups in total. The molecular weight excluding hydrogens is 162 g/mol. The van der Waals surface area contributed by atoms with E-state index in [2.05, 4.69) is 33.0 Å². The van der Waals surface area contributed by atoms with Crippen molar-refractivity contribution in [3.8, 4) is 0 Å². The van der Waals surface area contributed by atoms with Gasteiger partial charge in [-0.05, 0) is 38.8 Å². The summed E-state index contributed by atoms with van der Waals surface area (Å²) in [4.78, 5) is 0. The van der Waals surface area contributed by atoms with Crippen molar-refractivity contribution in [3.63, 3.8) is 0 Å². The SMILES string of the molecule is CCNCCC(C)OCCC(C)C. The number of hydrogen-bond acceptors (Lipinski definition) is 2. The molecule has 80 valence electrons. The van der Waals surface area contributed by atoms with Crippen LogP contribution in [0.5, 0.6) is 0 Å². The lowest BCUT2D eigenvalue weighted by molar-refractivity contribution is 0.0536. The van der Waals surface area contributed by atoms with Crippen molar-refractivity contribution >= 4 is 0 Å². The molecule has 13 heavy (non-hydrogen) atoms. The summed E-state index contributed by atoms with van der Waals surface area (Å²) in [5, 5.41) is 3.30. The second-order valence-corrected chi connectivity index (χ2v) is 4.01. The molecule has 0 aliphatic carbocycles. The van der Waals surface area contributed by atoms with E-state index in [1.54, 1.807) is 0 Å². The van der Waals surface area contributed by atoms with Gasteiger partial charge < -0.3 is 10.1 Å². The van der Waals surface area contributed by atoms with Gasteiger partial charge in [-0.25, -0.2) is 0 Å². The molecule has 0 heterocycles. The molecule has 0 rings (SSSR count). The maximum Gasteiger partial charge on any atom is 0.0559 e. The molecule has 0 aromatic heterocycles. The molecule has 0 saturated carbocycles. The smallest absolute Gasteiger partial charge is 0.0559 e. The van der Waals surface area contributed by atoms with Crippen molar-refractivity contribution in [1.29, 1.82) is 0 Å². The molecule has 1 unspecified atom stereocenters. The monoisotopic (exact) mass is 187 g/mol. The van der Waals surface area contributed by atoms with Gasteiger partial charge in [0, 0.05) is 6.61 Å². The molecule has 1 atom stereocenters. The van der Waals surface area contributed by atoms with Gasteiger partial charge in [0.1, 0.15) is 0 Å². The molecule has 0 fully saturated rings. The van der Waals surface area contributed by atoms with Crippen LogP contribution in [0.25, 0.3) is 0 Å². The molecule has 0 aromatic rings. The fraction of sp³-hybridized carbons (Fsp3) is 1.00. The Morgan fingerprint density at radius 2 is 1.85 bits per heavy atom. The average Bonchev–Trinajstić information content (AvgIpc) is 2.04. The minimum atomic E-state index is 0.401. The normalized spacial score (nSPS) is 13.6. The number of nitrogens with one attached hydrogen (secondary N) is 1. The van der Waals surface area contributed by atoms with Crippen LogP contribution in [0.3, 0.4) is 0 Å². The lowest BCUT2D eigenvalue weighted by Crippen LogP contribution is -2.20. The highest BCUT2D eigenvalue weighted by Gasteiger charge is 2.01. The lowest BCUT2D eigenvalue weighted by Gasteiger charge is -2.13. The fourth-order valence-electron chi connectivity index (χ4n) is 1.07. The zero-order valence-electron chi connectivity index (χ0n) is 9.60. The van der Waals surface area contributed by atoms with E-state index in [4.69, 9.17) is 4.74 Å². The Labute approximate surface area is 83.1 Å².